The van der Waals surface area contributed by atoms with Gasteiger partial charge in [0.2, 0.25) is 5.91 Å². The van der Waals surface area contributed by atoms with Gasteiger partial charge in [-0.05, 0) is 30.3 Å². The molecule has 0 atom stereocenters. The molecule has 0 unspecified atom stereocenters. The van der Waals surface area contributed by atoms with Crippen molar-refractivity contribution >= 4 is 40.6 Å². The lowest BCUT2D eigenvalue weighted by molar-refractivity contribution is -0.115. The van der Waals surface area contributed by atoms with Crippen LogP contribution < -0.4 is 5.32 Å². The molecule has 0 aliphatic heterocycles. The van der Waals surface area contributed by atoms with Crippen molar-refractivity contribution < 1.29 is 9.59 Å². The number of carbonyl (C=O) groups excluding carboxylic acids is 2. The molecule has 1 amide bonds. The number of hydrogen-bond donors (Lipinski definition) is 1. The summed E-state index contributed by atoms with van der Waals surface area (Å²) in [5.41, 5.74) is 1.11. The van der Waals surface area contributed by atoms with Crippen LogP contribution in [0.3, 0.4) is 0 Å². The van der Waals surface area contributed by atoms with E-state index in [0.717, 1.165) is 0 Å². The molecule has 0 saturated carbocycles. The van der Waals surface area contributed by atoms with E-state index >= 15 is 0 Å². The molecule has 23 heavy (non-hydrogen) atoms. The van der Waals surface area contributed by atoms with Gasteiger partial charge in [-0.3, -0.25) is 9.59 Å². The van der Waals surface area contributed by atoms with Crippen LogP contribution in [0.25, 0.3) is 0 Å². The molecule has 0 spiro atoms. The molecule has 0 fully saturated rings. The second kappa shape index (κ2) is 9.33. The van der Waals surface area contributed by atoms with Crippen molar-refractivity contribution in [3.05, 3.63) is 63.6 Å². The minimum absolute atomic E-state index is 0.175. The van der Waals surface area contributed by atoms with Crippen molar-refractivity contribution in [2.75, 3.05) is 5.32 Å². The Balaban J connectivity index is 0.00000127. The Labute approximate surface area is 146 Å². The molecule has 2 aromatic rings. The van der Waals surface area contributed by atoms with Gasteiger partial charge in [0.15, 0.2) is 5.78 Å². The van der Waals surface area contributed by atoms with Gasteiger partial charge in [0.25, 0.3) is 0 Å². The van der Waals surface area contributed by atoms with Crippen LogP contribution in [0, 0.1) is 0 Å². The molecular formula is C18H19Cl2NO2. The first kappa shape index (κ1) is 19.2. The largest absolute Gasteiger partial charge is 0.325 e. The minimum Gasteiger partial charge on any atom is -0.325 e. The summed E-state index contributed by atoms with van der Waals surface area (Å²) in [5, 5.41) is 3.47. The summed E-state index contributed by atoms with van der Waals surface area (Å²) >= 11 is 12.0. The zero-order chi connectivity index (χ0) is 17.4. The van der Waals surface area contributed by atoms with Crippen LogP contribution >= 0.6 is 23.2 Å². The van der Waals surface area contributed by atoms with Crippen LogP contribution in [0.4, 0.5) is 5.69 Å². The first-order valence-corrected chi connectivity index (χ1v) is 8.17. The summed E-state index contributed by atoms with van der Waals surface area (Å²) in [5.74, 6) is -0.458. The van der Waals surface area contributed by atoms with Gasteiger partial charge in [0.05, 0.1) is 10.7 Å². The van der Waals surface area contributed by atoms with Gasteiger partial charge < -0.3 is 5.32 Å². The number of benzene rings is 2. The molecule has 1 N–H and O–H groups in total. The molecule has 0 radical (unpaired) electrons. The summed E-state index contributed by atoms with van der Waals surface area (Å²) in [7, 11) is 0. The van der Waals surface area contributed by atoms with Gasteiger partial charge >= 0.3 is 0 Å². The first-order valence-electron chi connectivity index (χ1n) is 7.41. The van der Waals surface area contributed by atoms with Gasteiger partial charge in [-0.1, -0.05) is 56.1 Å². The first-order chi connectivity index (χ1) is 11.0. The monoisotopic (exact) mass is 351 g/mol. The molecule has 3 nitrogen and oxygen atoms in total. The molecule has 2 aromatic carbocycles. The van der Waals surface area contributed by atoms with E-state index in [1.165, 1.54) is 6.07 Å². The van der Waals surface area contributed by atoms with Crippen molar-refractivity contribution in [2.45, 2.75) is 27.2 Å². The van der Waals surface area contributed by atoms with E-state index < -0.39 is 0 Å². The molecular weight excluding hydrogens is 333 g/mol. The Bertz CT molecular complexity index is 699. The number of halogens is 2. The molecule has 0 heterocycles. The van der Waals surface area contributed by atoms with Crippen LogP contribution in [0.2, 0.25) is 10.0 Å². The molecule has 0 aliphatic carbocycles. The number of nitrogens with one attached hydrogen (secondary N) is 1. The zero-order valence-electron chi connectivity index (χ0n) is 13.3. The standard InChI is InChI=1S/C16H13Cl2NO2.C2H6/c1-2-15(20)19-14-8-7-10(17)9-12(14)16(21)11-5-3-4-6-13(11)18;1-2/h3-9H,2H2,1H3,(H,19,20);1-2H3. The summed E-state index contributed by atoms with van der Waals surface area (Å²) in [6, 6.07) is 11.5. The fraction of sp³-hybridized carbons (Fsp3) is 0.222. The van der Waals surface area contributed by atoms with Crippen LogP contribution in [-0.4, -0.2) is 11.7 Å². The Kier molecular flexibility index (Phi) is 7.79. The summed E-state index contributed by atoms with van der Waals surface area (Å²) in [4.78, 5) is 24.2. The highest BCUT2D eigenvalue weighted by Gasteiger charge is 2.17. The third-order valence-electron chi connectivity index (χ3n) is 2.94. The van der Waals surface area contributed by atoms with Crippen LogP contribution in [0.5, 0.6) is 0 Å². The number of rotatable bonds is 4. The molecule has 0 aliphatic rings. The number of carbonyl (C=O) groups is 2. The van der Waals surface area contributed by atoms with E-state index in [9.17, 15) is 9.59 Å². The van der Waals surface area contributed by atoms with Gasteiger partial charge in [-0.15, -0.1) is 0 Å². The average molecular weight is 352 g/mol. The topological polar surface area (TPSA) is 46.2 Å². The highest BCUT2D eigenvalue weighted by Crippen LogP contribution is 2.26. The lowest BCUT2D eigenvalue weighted by Crippen LogP contribution is -2.14. The molecule has 0 saturated heterocycles. The summed E-state index contributed by atoms with van der Waals surface area (Å²) in [6.07, 6.45) is 0.322. The quantitative estimate of drug-likeness (QED) is 0.728. The normalized spacial score (nSPS) is 9.61. The SMILES string of the molecule is CC.CCC(=O)Nc1ccc(Cl)cc1C(=O)c1ccccc1Cl. The zero-order valence-corrected chi connectivity index (χ0v) is 14.8. The Morgan fingerprint density at radius 2 is 1.65 bits per heavy atom. The Morgan fingerprint density at radius 1 is 1.00 bits per heavy atom. The Hall–Kier alpha value is -1.84. The number of anilines is 1. The van der Waals surface area contributed by atoms with Crippen molar-refractivity contribution in [1.82, 2.24) is 0 Å². The van der Waals surface area contributed by atoms with Crippen molar-refractivity contribution in [3.63, 3.8) is 0 Å². The Morgan fingerprint density at radius 3 is 2.26 bits per heavy atom. The lowest BCUT2D eigenvalue weighted by atomic mass is 10.0. The van der Waals surface area contributed by atoms with Gasteiger partial charge in [-0.25, -0.2) is 0 Å². The molecule has 0 bridgehead atoms. The minimum atomic E-state index is -0.283. The molecule has 122 valence electrons. The van der Waals surface area contributed by atoms with E-state index in [1.54, 1.807) is 43.3 Å². The van der Waals surface area contributed by atoms with E-state index in [4.69, 9.17) is 23.2 Å². The maximum absolute atomic E-state index is 12.6. The molecule has 0 aromatic heterocycles. The predicted octanol–water partition coefficient (Wildman–Crippen LogP) is 5.60. The fourth-order valence-corrected chi connectivity index (χ4v) is 2.24. The number of amides is 1. The highest BCUT2D eigenvalue weighted by atomic mass is 35.5. The van der Waals surface area contributed by atoms with Gasteiger partial charge in [-0.2, -0.15) is 0 Å². The number of hydrogen-bond acceptors (Lipinski definition) is 2. The molecule has 2 rings (SSSR count). The average Bonchev–Trinajstić information content (AvgIpc) is 2.58. The van der Waals surface area contributed by atoms with Crippen molar-refractivity contribution in [2.24, 2.45) is 0 Å². The van der Waals surface area contributed by atoms with E-state index in [0.29, 0.717) is 33.3 Å². The van der Waals surface area contributed by atoms with Crippen LogP contribution in [-0.2, 0) is 4.79 Å². The highest BCUT2D eigenvalue weighted by molar-refractivity contribution is 6.36. The number of ketones is 1. The van der Waals surface area contributed by atoms with Crippen molar-refractivity contribution in [1.29, 1.82) is 0 Å². The van der Waals surface area contributed by atoms with Crippen LogP contribution in [0.1, 0.15) is 43.1 Å². The van der Waals surface area contributed by atoms with E-state index in [2.05, 4.69) is 5.32 Å². The summed E-state index contributed by atoms with van der Waals surface area (Å²) < 4.78 is 0. The second-order valence-corrected chi connectivity index (χ2v) is 5.24. The van der Waals surface area contributed by atoms with Gasteiger partial charge in [0.1, 0.15) is 0 Å². The third kappa shape index (κ3) is 5.08. The van der Waals surface area contributed by atoms with Crippen LogP contribution in [0.15, 0.2) is 42.5 Å². The lowest BCUT2D eigenvalue weighted by Gasteiger charge is -2.11. The molecule has 5 heteroatoms. The van der Waals surface area contributed by atoms with E-state index in [1.807, 2.05) is 13.8 Å². The smallest absolute Gasteiger partial charge is 0.224 e. The van der Waals surface area contributed by atoms with Crippen molar-refractivity contribution in [3.8, 4) is 0 Å². The maximum atomic E-state index is 12.6. The summed E-state index contributed by atoms with van der Waals surface area (Å²) in [6.45, 7) is 5.74. The fourth-order valence-electron chi connectivity index (χ4n) is 1.84. The third-order valence-corrected chi connectivity index (χ3v) is 3.50. The predicted molar refractivity (Wildman–Crippen MR) is 96.6 cm³/mol. The van der Waals surface area contributed by atoms with Gasteiger partial charge in [0, 0.05) is 22.6 Å². The maximum Gasteiger partial charge on any atom is 0.224 e. The second-order valence-electron chi connectivity index (χ2n) is 4.40. The van der Waals surface area contributed by atoms with E-state index in [-0.39, 0.29) is 11.7 Å².